The van der Waals surface area contributed by atoms with Gasteiger partial charge in [0.1, 0.15) is 11.5 Å². The lowest BCUT2D eigenvalue weighted by Crippen LogP contribution is -2.03. The van der Waals surface area contributed by atoms with Crippen LogP contribution in [-0.2, 0) is 9.53 Å². The molecule has 3 rings (SSSR count). The van der Waals surface area contributed by atoms with E-state index in [1.807, 2.05) is 30.5 Å². The summed E-state index contributed by atoms with van der Waals surface area (Å²) in [5, 5.41) is 1.91. The summed E-state index contributed by atoms with van der Waals surface area (Å²) in [6.07, 6.45) is 1.58. The van der Waals surface area contributed by atoms with Gasteiger partial charge in [0, 0.05) is 6.08 Å². The van der Waals surface area contributed by atoms with E-state index in [-0.39, 0.29) is 5.70 Å². The van der Waals surface area contributed by atoms with Gasteiger partial charge in [-0.25, -0.2) is 9.79 Å². The van der Waals surface area contributed by atoms with Crippen molar-refractivity contribution in [3.63, 3.8) is 0 Å². The SMILES string of the molecule is Cc1ccc(C=C2N=C(c3cccs3)OC2=O)o1. The van der Waals surface area contributed by atoms with Gasteiger partial charge in [-0.2, -0.15) is 0 Å². The van der Waals surface area contributed by atoms with Crippen LogP contribution in [-0.4, -0.2) is 11.9 Å². The molecule has 0 spiro atoms. The number of esters is 1. The predicted molar refractivity (Wildman–Crippen MR) is 68.4 cm³/mol. The largest absolute Gasteiger partial charge is 0.462 e. The molecule has 0 aliphatic carbocycles. The molecule has 1 aliphatic heterocycles. The van der Waals surface area contributed by atoms with Gasteiger partial charge >= 0.3 is 5.97 Å². The zero-order valence-electron chi connectivity index (χ0n) is 9.54. The Hall–Kier alpha value is -2.14. The maximum atomic E-state index is 11.6. The Bertz CT molecular complexity index is 650. The average Bonchev–Trinajstić information content (AvgIpc) is 3.02. The van der Waals surface area contributed by atoms with Crippen molar-refractivity contribution >= 4 is 29.3 Å². The monoisotopic (exact) mass is 259 g/mol. The van der Waals surface area contributed by atoms with Crippen LogP contribution in [0.4, 0.5) is 0 Å². The molecule has 5 heteroatoms. The summed E-state index contributed by atoms with van der Waals surface area (Å²) in [6.45, 7) is 1.84. The van der Waals surface area contributed by atoms with Gasteiger partial charge in [-0.1, -0.05) is 6.07 Å². The van der Waals surface area contributed by atoms with Crippen molar-refractivity contribution in [2.24, 2.45) is 4.99 Å². The van der Waals surface area contributed by atoms with Gasteiger partial charge in [-0.3, -0.25) is 0 Å². The lowest BCUT2D eigenvalue weighted by atomic mass is 10.3. The first-order valence-corrected chi connectivity index (χ1v) is 6.23. The molecule has 0 amide bonds. The van der Waals surface area contributed by atoms with E-state index in [0.29, 0.717) is 11.7 Å². The van der Waals surface area contributed by atoms with E-state index in [1.54, 1.807) is 12.1 Å². The van der Waals surface area contributed by atoms with Crippen LogP contribution in [0.15, 0.2) is 44.8 Å². The standard InChI is InChI=1S/C13H9NO3S/c1-8-4-5-9(16-8)7-10-13(15)17-12(14-10)11-3-2-6-18-11/h2-7H,1H3. The fourth-order valence-electron chi connectivity index (χ4n) is 1.58. The summed E-state index contributed by atoms with van der Waals surface area (Å²) in [5.41, 5.74) is 0.257. The van der Waals surface area contributed by atoms with Crippen molar-refractivity contribution < 1.29 is 13.9 Å². The van der Waals surface area contributed by atoms with Crippen LogP contribution >= 0.6 is 11.3 Å². The molecule has 0 bridgehead atoms. The molecule has 0 unspecified atom stereocenters. The van der Waals surface area contributed by atoms with Crippen molar-refractivity contribution in [1.29, 1.82) is 0 Å². The molecule has 0 fully saturated rings. The number of rotatable bonds is 2. The molecule has 4 nitrogen and oxygen atoms in total. The van der Waals surface area contributed by atoms with E-state index in [2.05, 4.69) is 4.99 Å². The highest BCUT2D eigenvalue weighted by Gasteiger charge is 2.24. The van der Waals surface area contributed by atoms with Crippen molar-refractivity contribution in [2.75, 3.05) is 0 Å². The summed E-state index contributed by atoms with van der Waals surface area (Å²) in [6, 6.07) is 7.36. The molecular formula is C13H9NO3S. The summed E-state index contributed by atoms with van der Waals surface area (Å²) < 4.78 is 10.5. The lowest BCUT2D eigenvalue weighted by molar-refractivity contribution is -0.129. The third-order valence-electron chi connectivity index (χ3n) is 2.39. The molecule has 2 aromatic rings. The topological polar surface area (TPSA) is 51.8 Å². The quantitative estimate of drug-likeness (QED) is 0.615. The zero-order valence-corrected chi connectivity index (χ0v) is 10.4. The van der Waals surface area contributed by atoms with Crippen molar-refractivity contribution in [3.05, 3.63) is 51.7 Å². The second-order valence-electron chi connectivity index (χ2n) is 3.76. The number of thiophene rings is 1. The summed E-state index contributed by atoms with van der Waals surface area (Å²) >= 11 is 1.48. The molecule has 3 heterocycles. The molecule has 90 valence electrons. The second-order valence-corrected chi connectivity index (χ2v) is 4.71. The van der Waals surface area contributed by atoms with E-state index in [9.17, 15) is 4.79 Å². The summed E-state index contributed by atoms with van der Waals surface area (Å²) in [5.74, 6) is 1.28. The summed E-state index contributed by atoms with van der Waals surface area (Å²) in [7, 11) is 0. The average molecular weight is 259 g/mol. The van der Waals surface area contributed by atoms with Crippen LogP contribution in [0.2, 0.25) is 0 Å². The van der Waals surface area contributed by atoms with E-state index in [0.717, 1.165) is 10.6 Å². The Labute approximate surface area is 107 Å². The smallest absolute Gasteiger partial charge is 0.363 e. The van der Waals surface area contributed by atoms with Gasteiger partial charge < -0.3 is 9.15 Å². The fraction of sp³-hybridized carbons (Fsp3) is 0.0769. The number of aliphatic imine (C=N–C) groups is 1. The number of hydrogen-bond donors (Lipinski definition) is 0. The highest BCUT2D eigenvalue weighted by atomic mass is 32.1. The third-order valence-corrected chi connectivity index (χ3v) is 3.25. The Morgan fingerprint density at radius 1 is 1.33 bits per heavy atom. The van der Waals surface area contributed by atoms with Gasteiger partial charge in [0.05, 0.1) is 4.88 Å². The minimum absolute atomic E-state index is 0.257. The Balaban J connectivity index is 1.94. The third kappa shape index (κ3) is 2.00. The normalized spacial score (nSPS) is 17.1. The molecule has 1 aliphatic rings. The number of cyclic esters (lactones) is 1. The van der Waals surface area contributed by atoms with Gasteiger partial charge in [0.15, 0.2) is 5.70 Å². The minimum atomic E-state index is -0.451. The fourth-order valence-corrected chi connectivity index (χ4v) is 2.23. The Morgan fingerprint density at radius 2 is 2.22 bits per heavy atom. The highest BCUT2D eigenvalue weighted by Crippen LogP contribution is 2.21. The number of ether oxygens (including phenoxy) is 1. The van der Waals surface area contributed by atoms with Crippen LogP contribution in [0.3, 0.4) is 0 Å². The number of carbonyl (C=O) groups excluding carboxylic acids is 1. The molecule has 0 aromatic carbocycles. The number of aryl methyl sites for hydroxylation is 1. The molecule has 0 saturated carbocycles. The first kappa shape index (κ1) is 11.0. The van der Waals surface area contributed by atoms with Crippen molar-refractivity contribution in [1.82, 2.24) is 0 Å². The molecule has 0 saturated heterocycles. The summed E-state index contributed by atoms with van der Waals surface area (Å²) in [4.78, 5) is 16.7. The van der Waals surface area contributed by atoms with Crippen LogP contribution < -0.4 is 0 Å². The lowest BCUT2D eigenvalue weighted by Gasteiger charge is -1.92. The first-order valence-electron chi connectivity index (χ1n) is 5.35. The zero-order chi connectivity index (χ0) is 12.5. The van der Waals surface area contributed by atoms with Crippen LogP contribution in [0.25, 0.3) is 6.08 Å². The molecule has 0 N–H and O–H groups in total. The van der Waals surface area contributed by atoms with Crippen LogP contribution in [0, 0.1) is 6.92 Å². The van der Waals surface area contributed by atoms with E-state index < -0.39 is 5.97 Å². The molecular weight excluding hydrogens is 250 g/mol. The van der Waals surface area contributed by atoms with Gasteiger partial charge in [-0.05, 0) is 30.5 Å². The maximum absolute atomic E-state index is 11.6. The van der Waals surface area contributed by atoms with E-state index in [1.165, 1.54) is 11.3 Å². The van der Waals surface area contributed by atoms with Gasteiger partial charge in [0.25, 0.3) is 0 Å². The minimum Gasteiger partial charge on any atom is -0.462 e. The first-order chi connectivity index (χ1) is 8.72. The number of hydrogen-bond acceptors (Lipinski definition) is 5. The van der Waals surface area contributed by atoms with Crippen LogP contribution in [0.5, 0.6) is 0 Å². The number of nitrogens with zero attached hydrogens (tertiary/aromatic N) is 1. The van der Waals surface area contributed by atoms with Crippen molar-refractivity contribution in [3.8, 4) is 0 Å². The van der Waals surface area contributed by atoms with E-state index in [4.69, 9.17) is 9.15 Å². The van der Waals surface area contributed by atoms with Crippen LogP contribution in [0.1, 0.15) is 16.4 Å². The van der Waals surface area contributed by atoms with E-state index >= 15 is 0 Å². The molecule has 0 atom stereocenters. The second kappa shape index (κ2) is 4.27. The van der Waals surface area contributed by atoms with Gasteiger partial charge in [-0.15, -0.1) is 11.3 Å². The molecule has 2 aromatic heterocycles. The molecule has 18 heavy (non-hydrogen) atoms. The van der Waals surface area contributed by atoms with Crippen molar-refractivity contribution in [2.45, 2.75) is 6.92 Å². The maximum Gasteiger partial charge on any atom is 0.363 e. The van der Waals surface area contributed by atoms with Gasteiger partial charge in [0.2, 0.25) is 5.90 Å². The Kier molecular flexibility index (Phi) is 2.60. The highest BCUT2D eigenvalue weighted by molar-refractivity contribution is 7.12. The number of furan rings is 1. The number of carbonyl (C=O) groups is 1. The Morgan fingerprint density at radius 3 is 2.89 bits per heavy atom. The molecule has 0 radical (unpaired) electrons. The predicted octanol–water partition coefficient (Wildman–Crippen LogP) is 2.99.